The second-order valence-corrected chi connectivity index (χ2v) is 9.04. The van der Waals surface area contributed by atoms with Crippen molar-refractivity contribution in [3.05, 3.63) is 73.1 Å². The van der Waals surface area contributed by atoms with E-state index < -0.39 is 0 Å². The Bertz CT molecular complexity index is 1550. The van der Waals surface area contributed by atoms with Crippen molar-refractivity contribution in [2.24, 2.45) is 0 Å². The molecule has 1 amide bonds. The molecular weight excluding hydrogens is 496 g/mol. The lowest BCUT2D eigenvalue weighted by molar-refractivity contribution is -0.127. The van der Waals surface area contributed by atoms with Crippen LogP contribution >= 0.6 is 0 Å². The van der Waals surface area contributed by atoms with Crippen molar-refractivity contribution in [3.8, 4) is 34.6 Å². The molecule has 0 saturated carbocycles. The molecule has 1 aliphatic heterocycles. The Kier molecular flexibility index (Phi) is 7.37. The zero-order valence-corrected chi connectivity index (χ0v) is 21.8. The highest BCUT2D eigenvalue weighted by molar-refractivity contribution is 5.98. The molecule has 2 aromatic carbocycles. The predicted molar refractivity (Wildman–Crippen MR) is 147 cm³/mol. The lowest BCUT2D eigenvalue weighted by atomic mass is 10.1. The fourth-order valence-corrected chi connectivity index (χ4v) is 4.71. The number of hydrogen-bond acceptors (Lipinski definition) is 8. The average molecular weight is 525 g/mol. The molecule has 1 fully saturated rings. The molecule has 4 aromatic rings. The number of aromatic nitrogens is 1. The third-order valence-corrected chi connectivity index (χ3v) is 6.76. The van der Waals surface area contributed by atoms with Gasteiger partial charge in [-0.1, -0.05) is 6.58 Å². The highest BCUT2D eigenvalue weighted by atomic mass is 16.5. The Morgan fingerprint density at radius 2 is 1.95 bits per heavy atom. The van der Waals surface area contributed by atoms with Crippen LogP contribution in [0.1, 0.15) is 18.4 Å². The molecule has 1 aliphatic rings. The third kappa shape index (κ3) is 5.22. The Hall–Kier alpha value is -4.97. The fourth-order valence-electron chi connectivity index (χ4n) is 4.71. The summed E-state index contributed by atoms with van der Waals surface area (Å²) in [5.41, 5.74) is 3.07. The number of carbonyl (C=O) groups is 1. The average Bonchev–Trinajstić information content (AvgIpc) is 3.52. The number of rotatable bonds is 8. The van der Waals surface area contributed by atoms with Crippen molar-refractivity contribution < 1.29 is 23.4 Å². The summed E-state index contributed by atoms with van der Waals surface area (Å²) in [6.07, 6.45) is 5.74. The summed E-state index contributed by atoms with van der Waals surface area (Å²) in [6, 6.07) is 15.2. The van der Waals surface area contributed by atoms with E-state index in [0.29, 0.717) is 76.8 Å². The van der Waals surface area contributed by atoms with Crippen LogP contribution in [0.3, 0.4) is 0 Å². The first-order valence-electron chi connectivity index (χ1n) is 12.5. The van der Waals surface area contributed by atoms with Crippen LogP contribution in [0.4, 0.5) is 11.4 Å². The van der Waals surface area contributed by atoms with Crippen LogP contribution in [-0.4, -0.2) is 49.2 Å². The van der Waals surface area contributed by atoms with Crippen LogP contribution < -0.4 is 19.5 Å². The maximum atomic E-state index is 12.0. The van der Waals surface area contributed by atoms with Gasteiger partial charge in [-0.05, 0) is 42.5 Å². The van der Waals surface area contributed by atoms with Gasteiger partial charge in [-0.2, -0.15) is 5.26 Å². The first-order valence-corrected chi connectivity index (χ1v) is 12.5. The number of amides is 1. The fraction of sp³-hybridized carbons (Fsp3) is 0.233. The molecule has 1 N–H and O–H groups in total. The van der Waals surface area contributed by atoms with Gasteiger partial charge in [-0.25, -0.2) is 0 Å². The second kappa shape index (κ2) is 11.2. The van der Waals surface area contributed by atoms with Crippen molar-refractivity contribution in [2.75, 3.05) is 32.6 Å². The largest absolute Gasteiger partial charge is 0.495 e. The number of piperidine rings is 1. The van der Waals surface area contributed by atoms with Gasteiger partial charge in [0.05, 0.1) is 42.9 Å². The number of nitriles is 1. The topological polar surface area (TPSA) is 110 Å². The number of ether oxygens (including phenoxy) is 3. The van der Waals surface area contributed by atoms with Gasteiger partial charge in [0.25, 0.3) is 0 Å². The molecule has 0 bridgehead atoms. The quantitative estimate of drug-likeness (QED) is 0.293. The van der Waals surface area contributed by atoms with E-state index >= 15 is 0 Å². The van der Waals surface area contributed by atoms with Crippen molar-refractivity contribution in [3.63, 3.8) is 0 Å². The predicted octanol–water partition coefficient (Wildman–Crippen LogP) is 5.68. The molecule has 9 heteroatoms. The number of nitrogens with zero attached hydrogens (tertiary/aromatic N) is 3. The van der Waals surface area contributed by atoms with Crippen molar-refractivity contribution in [2.45, 2.75) is 18.9 Å². The summed E-state index contributed by atoms with van der Waals surface area (Å²) in [7, 11) is 3.17. The number of nitrogens with one attached hydrogen (secondary N) is 1. The summed E-state index contributed by atoms with van der Waals surface area (Å²) in [5, 5.41) is 14.0. The molecule has 0 aliphatic carbocycles. The molecule has 0 atom stereocenters. The van der Waals surface area contributed by atoms with Gasteiger partial charge in [0.15, 0.2) is 11.5 Å². The highest BCUT2D eigenvalue weighted by Crippen LogP contribution is 2.40. The number of pyridine rings is 1. The minimum atomic E-state index is -0.0983. The molecular formula is C30H28N4O5. The van der Waals surface area contributed by atoms with E-state index in [1.54, 1.807) is 31.4 Å². The number of likely N-dealkylation sites (tertiary alicyclic amines) is 1. The SMILES string of the molecule is C=CC(=O)N1CCC(Oc2cc3c(Nc4cc(-c5ccco5)ccc4OC)c(C#N)cnc3cc2OC)CC1. The molecule has 1 saturated heterocycles. The van der Waals surface area contributed by atoms with Gasteiger partial charge >= 0.3 is 0 Å². The zero-order chi connectivity index (χ0) is 27.4. The number of benzene rings is 2. The van der Waals surface area contributed by atoms with Gasteiger partial charge in [-0.15, -0.1) is 0 Å². The number of anilines is 2. The monoisotopic (exact) mass is 524 g/mol. The van der Waals surface area contributed by atoms with Crippen LogP contribution in [0, 0.1) is 11.3 Å². The molecule has 0 radical (unpaired) electrons. The molecule has 39 heavy (non-hydrogen) atoms. The zero-order valence-electron chi connectivity index (χ0n) is 21.8. The number of hydrogen-bond donors (Lipinski definition) is 1. The number of methoxy groups -OCH3 is 2. The Morgan fingerprint density at radius 1 is 1.15 bits per heavy atom. The van der Waals surface area contributed by atoms with Crippen LogP contribution in [0.15, 0.2) is 72.0 Å². The van der Waals surface area contributed by atoms with Crippen molar-refractivity contribution in [1.29, 1.82) is 5.26 Å². The molecule has 0 spiro atoms. The highest BCUT2D eigenvalue weighted by Gasteiger charge is 2.24. The minimum absolute atomic E-state index is 0.0749. The summed E-state index contributed by atoms with van der Waals surface area (Å²) in [5.74, 6) is 2.31. The summed E-state index contributed by atoms with van der Waals surface area (Å²) in [4.78, 5) is 18.2. The van der Waals surface area contributed by atoms with E-state index in [1.165, 1.54) is 12.3 Å². The lowest BCUT2D eigenvalue weighted by Gasteiger charge is -2.31. The van der Waals surface area contributed by atoms with E-state index in [2.05, 4.69) is 22.9 Å². The first kappa shape index (κ1) is 25.7. The van der Waals surface area contributed by atoms with Crippen molar-refractivity contribution in [1.82, 2.24) is 9.88 Å². The second-order valence-electron chi connectivity index (χ2n) is 9.04. The third-order valence-electron chi connectivity index (χ3n) is 6.76. The normalized spacial score (nSPS) is 13.5. The smallest absolute Gasteiger partial charge is 0.245 e. The molecule has 9 nitrogen and oxygen atoms in total. The van der Waals surface area contributed by atoms with Crippen molar-refractivity contribution >= 4 is 28.2 Å². The molecule has 2 aromatic heterocycles. The molecule has 3 heterocycles. The Labute approximate surface area is 226 Å². The van der Waals surface area contributed by atoms with Gasteiger partial charge in [0.2, 0.25) is 5.91 Å². The summed E-state index contributed by atoms with van der Waals surface area (Å²) in [6.45, 7) is 4.74. The van der Waals surface area contributed by atoms with Gasteiger partial charge in [-0.3, -0.25) is 9.78 Å². The molecule has 5 rings (SSSR count). The molecule has 0 unspecified atom stereocenters. The number of carbonyl (C=O) groups excluding carboxylic acids is 1. The van der Waals surface area contributed by atoms with Gasteiger partial charge < -0.3 is 28.8 Å². The van der Waals surface area contributed by atoms with Crippen LogP contribution in [-0.2, 0) is 4.79 Å². The molecule has 198 valence electrons. The maximum Gasteiger partial charge on any atom is 0.245 e. The van der Waals surface area contributed by atoms with E-state index in [0.717, 1.165) is 5.56 Å². The number of furan rings is 1. The van der Waals surface area contributed by atoms with Crippen LogP contribution in [0.2, 0.25) is 0 Å². The van der Waals surface area contributed by atoms with E-state index in [1.807, 2.05) is 36.4 Å². The summed E-state index contributed by atoms with van der Waals surface area (Å²) < 4.78 is 23.2. The minimum Gasteiger partial charge on any atom is -0.495 e. The summed E-state index contributed by atoms with van der Waals surface area (Å²) >= 11 is 0. The first-order chi connectivity index (χ1) is 19.0. The van der Waals surface area contributed by atoms with E-state index in [9.17, 15) is 10.1 Å². The standard InChI is InChI=1S/C30H28N4O5/c1-4-29(35)34-11-9-21(10-12-34)39-28-15-22-23(16-27(28)37-3)32-18-20(17-31)30(22)33-24-14-19(7-8-26(24)36-2)25-6-5-13-38-25/h4-8,13-16,18,21H,1,9-12H2,2-3H3,(H,32,33). The van der Waals surface area contributed by atoms with Crippen LogP contribution in [0.25, 0.3) is 22.2 Å². The van der Waals surface area contributed by atoms with E-state index in [-0.39, 0.29) is 12.0 Å². The number of fused-ring (bicyclic) bond motifs is 1. The Morgan fingerprint density at radius 3 is 2.62 bits per heavy atom. The Balaban J connectivity index is 1.52. The lowest BCUT2D eigenvalue weighted by Crippen LogP contribution is -2.41. The van der Waals surface area contributed by atoms with Crippen LogP contribution in [0.5, 0.6) is 17.2 Å². The van der Waals surface area contributed by atoms with E-state index in [4.69, 9.17) is 18.6 Å². The van der Waals surface area contributed by atoms with Gasteiger partial charge in [0, 0.05) is 49.1 Å². The van der Waals surface area contributed by atoms with Gasteiger partial charge in [0.1, 0.15) is 23.7 Å². The maximum absolute atomic E-state index is 12.0.